The molecule has 12 heteroatoms. The van der Waals surface area contributed by atoms with E-state index in [0.717, 1.165) is 18.5 Å². The maximum atomic E-state index is 14.8. The Morgan fingerprint density at radius 2 is 2.16 bits per heavy atom. The lowest BCUT2D eigenvalue weighted by atomic mass is 10.2. The van der Waals surface area contributed by atoms with Crippen LogP contribution in [0.4, 0.5) is 16.0 Å². The fraction of sp³-hybridized carbons (Fsp3) is 0.350. The third-order valence-electron chi connectivity index (χ3n) is 5.48. The fourth-order valence-corrected chi connectivity index (χ4v) is 4.10. The van der Waals surface area contributed by atoms with Gasteiger partial charge in [-0.1, -0.05) is 11.6 Å². The molecule has 2 bridgehead atoms. The van der Waals surface area contributed by atoms with Gasteiger partial charge in [-0.25, -0.2) is 23.7 Å². The Morgan fingerprint density at radius 1 is 1.28 bits per heavy atom. The molecule has 0 amide bonds. The summed E-state index contributed by atoms with van der Waals surface area (Å²) in [6.07, 6.45) is 3.87. The number of ether oxygens (including phenoxy) is 2. The van der Waals surface area contributed by atoms with E-state index in [9.17, 15) is 4.39 Å². The molecule has 0 saturated heterocycles. The Bertz CT molecular complexity index is 1330. The molecule has 0 spiro atoms. The zero-order chi connectivity index (χ0) is 21.8. The second kappa shape index (κ2) is 7.30. The number of fused-ring (bicyclic) bond motifs is 2. The van der Waals surface area contributed by atoms with Gasteiger partial charge in [0.15, 0.2) is 17.0 Å². The average molecular weight is 457 g/mol. The third kappa shape index (κ3) is 3.11. The Hall–Kier alpha value is -3.47. The molecule has 1 N–H and O–H groups in total. The smallest absolute Gasteiger partial charge is 0.257 e. The topological polar surface area (TPSA) is 105 Å². The van der Waals surface area contributed by atoms with Crippen LogP contribution in [-0.2, 0) is 6.54 Å². The molecule has 6 rings (SSSR count). The van der Waals surface area contributed by atoms with Gasteiger partial charge in [-0.05, 0) is 25.0 Å². The van der Waals surface area contributed by atoms with E-state index in [1.165, 1.54) is 4.68 Å². The molecular formula is C20H18ClFN8O2. The summed E-state index contributed by atoms with van der Waals surface area (Å²) in [6, 6.07) is 3.67. The van der Waals surface area contributed by atoms with Crippen molar-refractivity contribution in [3.05, 3.63) is 35.4 Å². The number of hydrogen-bond acceptors (Lipinski definition) is 8. The summed E-state index contributed by atoms with van der Waals surface area (Å²) in [5.41, 5.74) is 2.60. The summed E-state index contributed by atoms with van der Waals surface area (Å²) in [7, 11) is 1.56. The summed E-state index contributed by atoms with van der Waals surface area (Å²) in [4.78, 5) is 13.2. The van der Waals surface area contributed by atoms with Crippen LogP contribution in [0.5, 0.6) is 11.8 Å². The molecule has 5 heterocycles. The van der Waals surface area contributed by atoms with Gasteiger partial charge in [0.1, 0.15) is 18.0 Å². The summed E-state index contributed by atoms with van der Waals surface area (Å²) in [5.74, 6) is 1.26. The molecule has 1 aliphatic carbocycles. The van der Waals surface area contributed by atoms with Gasteiger partial charge < -0.3 is 14.8 Å². The van der Waals surface area contributed by atoms with Crippen LogP contribution < -0.4 is 14.8 Å². The molecular weight excluding hydrogens is 439 g/mol. The molecule has 2 aliphatic rings. The maximum Gasteiger partial charge on any atom is 0.257 e. The van der Waals surface area contributed by atoms with Gasteiger partial charge in [-0.3, -0.25) is 0 Å². The first-order chi connectivity index (χ1) is 15.6. The molecule has 4 aromatic heterocycles. The van der Waals surface area contributed by atoms with Crippen LogP contribution in [0.1, 0.15) is 24.5 Å². The number of hydrogen-bond donors (Lipinski definition) is 1. The molecule has 1 atom stereocenters. The number of methoxy groups -OCH3 is 1. The highest BCUT2D eigenvalue weighted by Crippen LogP contribution is 2.48. The maximum absolute atomic E-state index is 14.8. The number of rotatable bonds is 3. The molecule has 164 valence electrons. The lowest BCUT2D eigenvalue weighted by Crippen LogP contribution is -2.20. The molecule has 4 aromatic rings. The highest BCUT2D eigenvalue weighted by atomic mass is 35.5. The fourth-order valence-electron chi connectivity index (χ4n) is 3.88. The van der Waals surface area contributed by atoms with Gasteiger partial charge in [0.2, 0.25) is 11.8 Å². The van der Waals surface area contributed by atoms with Gasteiger partial charge >= 0.3 is 0 Å². The number of halogens is 2. The normalized spacial score (nSPS) is 18.0. The van der Waals surface area contributed by atoms with E-state index in [0.29, 0.717) is 34.2 Å². The van der Waals surface area contributed by atoms with E-state index < -0.39 is 6.17 Å². The van der Waals surface area contributed by atoms with Crippen molar-refractivity contribution >= 4 is 34.3 Å². The standard InChI is InChI=1S/C20H18ClFN8O2/c1-31-18-13(3-2-6-23-18)30-15(10-4-5-10)14-19(28-30)32-9-11(22)8-29-17-12(16(21)27-29)7-24-20(25-14)26-17/h2-3,6-7,10-11H,4-5,8-9H2,1H3,(H,24,25,26)/t11-/m0/s1. The van der Waals surface area contributed by atoms with Crippen molar-refractivity contribution in [1.82, 2.24) is 34.5 Å². The minimum absolute atomic E-state index is 0.0539. The second-order valence-electron chi connectivity index (χ2n) is 7.72. The van der Waals surface area contributed by atoms with E-state index in [1.54, 1.807) is 24.2 Å². The molecule has 1 fully saturated rings. The monoisotopic (exact) mass is 456 g/mol. The quantitative estimate of drug-likeness (QED) is 0.500. The Balaban J connectivity index is 1.54. The zero-order valence-electron chi connectivity index (χ0n) is 17.0. The molecule has 10 nitrogen and oxygen atoms in total. The number of nitrogens with zero attached hydrogens (tertiary/aromatic N) is 7. The molecule has 0 aromatic carbocycles. The van der Waals surface area contributed by atoms with E-state index in [4.69, 9.17) is 21.1 Å². The van der Waals surface area contributed by atoms with Gasteiger partial charge in [0, 0.05) is 18.3 Å². The molecule has 0 radical (unpaired) electrons. The van der Waals surface area contributed by atoms with Crippen LogP contribution in [0.25, 0.3) is 16.7 Å². The van der Waals surface area contributed by atoms with Crippen molar-refractivity contribution in [3.8, 4) is 17.4 Å². The first-order valence-electron chi connectivity index (χ1n) is 10.2. The van der Waals surface area contributed by atoms with Crippen LogP contribution in [0, 0.1) is 0 Å². The van der Waals surface area contributed by atoms with Crippen LogP contribution in [0.3, 0.4) is 0 Å². The Kier molecular flexibility index (Phi) is 4.39. The minimum atomic E-state index is -1.35. The molecule has 1 saturated carbocycles. The first kappa shape index (κ1) is 19.2. The lowest BCUT2D eigenvalue weighted by molar-refractivity contribution is 0.171. The molecule has 0 unspecified atom stereocenters. The number of nitrogens with one attached hydrogen (secondary N) is 1. The third-order valence-corrected chi connectivity index (χ3v) is 5.76. The van der Waals surface area contributed by atoms with Crippen molar-refractivity contribution in [2.75, 3.05) is 19.0 Å². The lowest BCUT2D eigenvalue weighted by Gasteiger charge is -2.11. The van der Waals surface area contributed by atoms with E-state index >= 15 is 0 Å². The Labute approximate surface area is 186 Å². The summed E-state index contributed by atoms with van der Waals surface area (Å²) >= 11 is 6.19. The Morgan fingerprint density at radius 3 is 2.97 bits per heavy atom. The second-order valence-corrected chi connectivity index (χ2v) is 8.08. The zero-order valence-corrected chi connectivity index (χ0v) is 17.8. The largest absolute Gasteiger partial charge is 0.479 e. The van der Waals surface area contributed by atoms with E-state index in [-0.39, 0.29) is 30.1 Å². The van der Waals surface area contributed by atoms with Gasteiger partial charge in [-0.15, -0.1) is 5.10 Å². The van der Waals surface area contributed by atoms with Crippen molar-refractivity contribution in [2.24, 2.45) is 0 Å². The summed E-state index contributed by atoms with van der Waals surface area (Å²) < 4.78 is 29.3. The van der Waals surface area contributed by atoms with Crippen LogP contribution in [0.2, 0.25) is 5.15 Å². The number of alkyl halides is 1. The van der Waals surface area contributed by atoms with Crippen molar-refractivity contribution in [3.63, 3.8) is 0 Å². The minimum Gasteiger partial charge on any atom is -0.479 e. The highest BCUT2D eigenvalue weighted by molar-refractivity contribution is 6.34. The van der Waals surface area contributed by atoms with Gasteiger partial charge in [0.05, 0.1) is 24.7 Å². The predicted molar refractivity (Wildman–Crippen MR) is 114 cm³/mol. The van der Waals surface area contributed by atoms with Crippen molar-refractivity contribution in [2.45, 2.75) is 31.5 Å². The highest BCUT2D eigenvalue weighted by Gasteiger charge is 2.35. The van der Waals surface area contributed by atoms with E-state index in [1.807, 2.05) is 12.1 Å². The number of aromatic nitrogens is 7. The SMILES string of the molecule is COc1ncccc1-n1nc2c(c1C1CC1)Nc1ncc3c(Cl)nn(c3n1)C[C@H](F)CO2. The van der Waals surface area contributed by atoms with Crippen LogP contribution in [0.15, 0.2) is 24.5 Å². The first-order valence-corrected chi connectivity index (χ1v) is 10.6. The predicted octanol–water partition coefficient (Wildman–Crippen LogP) is 3.42. The molecule has 32 heavy (non-hydrogen) atoms. The van der Waals surface area contributed by atoms with Crippen LogP contribution >= 0.6 is 11.6 Å². The number of anilines is 2. The van der Waals surface area contributed by atoms with Crippen molar-refractivity contribution in [1.29, 1.82) is 0 Å². The summed E-state index contributed by atoms with van der Waals surface area (Å²) in [5, 5.41) is 12.9. The van der Waals surface area contributed by atoms with Crippen LogP contribution in [-0.4, -0.2) is 54.4 Å². The van der Waals surface area contributed by atoms with Crippen molar-refractivity contribution < 1.29 is 13.9 Å². The van der Waals surface area contributed by atoms with Gasteiger partial charge in [0.25, 0.3) is 5.88 Å². The number of pyridine rings is 1. The average Bonchev–Trinajstić information content (AvgIpc) is 3.52. The molecule has 1 aliphatic heterocycles. The summed E-state index contributed by atoms with van der Waals surface area (Å²) in [6.45, 7) is -0.260. The van der Waals surface area contributed by atoms with Gasteiger partial charge in [-0.2, -0.15) is 10.1 Å². The van der Waals surface area contributed by atoms with E-state index in [2.05, 4.69) is 30.5 Å².